The first-order valence-electron chi connectivity index (χ1n) is 4.42. The molecule has 0 aliphatic carbocycles. The average molecular weight is 219 g/mol. The minimum Gasteiger partial charge on any atom is -0.477 e. The van der Waals surface area contributed by atoms with E-state index in [-0.39, 0.29) is 11.4 Å². The fourth-order valence-electron chi connectivity index (χ4n) is 1.26. The summed E-state index contributed by atoms with van der Waals surface area (Å²) in [5.41, 5.74) is 6.08. The van der Waals surface area contributed by atoms with Crippen molar-refractivity contribution in [2.24, 2.45) is 7.05 Å². The number of nitrogens with zero attached hydrogens (tertiary/aromatic N) is 4. The highest BCUT2D eigenvalue weighted by Crippen LogP contribution is 2.16. The van der Waals surface area contributed by atoms with E-state index in [1.165, 1.54) is 6.20 Å². The maximum atomic E-state index is 10.7. The number of carboxylic acid groups (broad SMARTS) is 1. The Kier molecular flexibility index (Phi) is 2.28. The zero-order valence-corrected chi connectivity index (χ0v) is 8.45. The predicted molar refractivity (Wildman–Crippen MR) is 55.6 cm³/mol. The van der Waals surface area contributed by atoms with Crippen LogP contribution in [-0.2, 0) is 7.05 Å². The van der Waals surface area contributed by atoms with Gasteiger partial charge in [-0.05, 0) is 0 Å². The molecule has 0 atom stereocenters. The van der Waals surface area contributed by atoms with Crippen LogP contribution in [0.3, 0.4) is 0 Å². The van der Waals surface area contributed by atoms with Crippen molar-refractivity contribution in [3.8, 4) is 11.5 Å². The molecule has 0 unspecified atom stereocenters. The smallest absolute Gasteiger partial charge is 0.341 e. The molecule has 0 aromatic carbocycles. The molecule has 0 aliphatic heterocycles. The lowest BCUT2D eigenvalue weighted by atomic mass is 10.3. The Bertz CT molecular complexity index is 549. The van der Waals surface area contributed by atoms with Gasteiger partial charge in [0.1, 0.15) is 17.1 Å². The summed E-state index contributed by atoms with van der Waals surface area (Å²) in [5, 5.41) is 8.76. The summed E-state index contributed by atoms with van der Waals surface area (Å²) >= 11 is 0. The van der Waals surface area contributed by atoms with E-state index in [0.717, 1.165) is 0 Å². The van der Waals surface area contributed by atoms with E-state index in [9.17, 15) is 4.79 Å². The molecule has 0 fully saturated rings. The summed E-state index contributed by atoms with van der Waals surface area (Å²) in [6, 6.07) is 0. The molecule has 3 N–H and O–H groups in total. The molecule has 0 aliphatic rings. The van der Waals surface area contributed by atoms with Crippen LogP contribution in [0.2, 0.25) is 0 Å². The van der Waals surface area contributed by atoms with E-state index in [1.54, 1.807) is 24.1 Å². The van der Waals surface area contributed by atoms with Crippen LogP contribution < -0.4 is 5.73 Å². The molecular weight excluding hydrogens is 210 g/mol. The highest BCUT2D eigenvalue weighted by molar-refractivity contribution is 5.92. The number of hydrogen-bond donors (Lipinski definition) is 2. The van der Waals surface area contributed by atoms with Gasteiger partial charge in [0.25, 0.3) is 0 Å². The van der Waals surface area contributed by atoms with Crippen molar-refractivity contribution in [1.29, 1.82) is 0 Å². The van der Waals surface area contributed by atoms with Gasteiger partial charge in [-0.2, -0.15) is 0 Å². The van der Waals surface area contributed by atoms with Crippen LogP contribution in [-0.4, -0.2) is 30.6 Å². The molecule has 0 spiro atoms. The SMILES string of the molecule is Cn1cncc1-c1ncc(C(=O)O)c(N)n1. The zero-order chi connectivity index (χ0) is 11.7. The molecule has 2 rings (SSSR count). The van der Waals surface area contributed by atoms with Gasteiger partial charge in [-0.25, -0.2) is 19.7 Å². The Morgan fingerprint density at radius 1 is 1.50 bits per heavy atom. The highest BCUT2D eigenvalue weighted by atomic mass is 16.4. The monoisotopic (exact) mass is 219 g/mol. The van der Waals surface area contributed by atoms with Crippen molar-refractivity contribution >= 4 is 11.8 Å². The van der Waals surface area contributed by atoms with Crippen molar-refractivity contribution in [2.75, 3.05) is 5.73 Å². The quantitative estimate of drug-likeness (QED) is 0.744. The minimum absolute atomic E-state index is 0.0568. The van der Waals surface area contributed by atoms with Crippen molar-refractivity contribution in [3.05, 3.63) is 24.3 Å². The number of carbonyl (C=O) groups is 1. The molecule has 0 bridgehead atoms. The van der Waals surface area contributed by atoms with Crippen LogP contribution in [0.1, 0.15) is 10.4 Å². The summed E-state index contributed by atoms with van der Waals surface area (Å²) in [5.74, 6) is -0.852. The molecular formula is C9H9N5O2. The number of aromatic nitrogens is 4. The first kappa shape index (κ1) is 10.1. The maximum Gasteiger partial charge on any atom is 0.341 e. The molecule has 2 aromatic rings. The molecule has 16 heavy (non-hydrogen) atoms. The van der Waals surface area contributed by atoms with Gasteiger partial charge in [0, 0.05) is 13.2 Å². The van der Waals surface area contributed by atoms with Crippen LogP contribution in [0.4, 0.5) is 5.82 Å². The van der Waals surface area contributed by atoms with E-state index in [4.69, 9.17) is 10.8 Å². The van der Waals surface area contributed by atoms with Gasteiger partial charge in [0.15, 0.2) is 5.82 Å². The minimum atomic E-state index is -1.14. The third-order valence-electron chi connectivity index (χ3n) is 2.09. The molecule has 7 nitrogen and oxygen atoms in total. The molecule has 0 saturated carbocycles. The summed E-state index contributed by atoms with van der Waals surface area (Å²) in [6.07, 6.45) is 4.36. The Balaban J connectivity index is 2.50. The second-order valence-corrected chi connectivity index (χ2v) is 3.19. The zero-order valence-electron chi connectivity index (χ0n) is 8.45. The lowest BCUT2D eigenvalue weighted by molar-refractivity contribution is 0.0697. The van der Waals surface area contributed by atoms with E-state index in [2.05, 4.69) is 15.0 Å². The third kappa shape index (κ3) is 1.58. The fourth-order valence-corrected chi connectivity index (χ4v) is 1.26. The van der Waals surface area contributed by atoms with Crippen LogP contribution in [0, 0.1) is 0 Å². The number of hydrogen-bond acceptors (Lipinski definition) is 5. The van der Waals surface area contributed by atoms with Crippen LogP contribution >= 0.6 is 0 Å². The number of aromatic carboxylic acids is 1. The Morgan fingerprint density at radius 3 is 2.75 bits per heavy atom. The summed E-state index contributed by atoms with van der Waals surface area (Å²) in [4.78, 5) is 22.5. The van der Waals surface area contributed by atoms with Crippen molar-refractivity contribution in [1.82, 2.24) is 19.5 Å². The van der Waals surface area contributed by atoms with E-state index in [1.807, 2.05) is 0 Å². The Morgan fingerprint density at radius 2 is 2.25 bits per heavy atom. The van der Waals surface area contributed by atoms with Crippen molar-refractivity contribution < 1.29 is 9.90 Å². The van der Waals surface area contributed by atoms with Gasteiger partial charge in [-0.15, -0.1) is 0 Å². The van der Waals surface area contributed by atoms with Crippen LogP contribution in [0.15, 0.2) is 18.7 Å². The second kappa shape index (κ2) is 3.61. The lowest BCUT2D eigenvalue weighted by Crippen LogP contribution is -2.07. The molecule has 0 radical (unpaired) electrons. The molecule has 82 valence electrons. The maximum absolute atomic E-state index is 10.7. The van der Waals surface area contributed by atoms with Gasteiger partial charge in [-0.3, -0.25) is 0 Å². The molecule has 0 amide bonds. The topological polar surface area (TPSA) is 107 Å². The number of nitrogen functional groups attached to an aromatic ring is 1. The summed E-state index contributed by atoms with van der Waals surface area (Å²) in [7, 11) is 1.78. The lowest BCUT2D eigenvalue weighted by Gasteiger charge is -2.03. The summed E-state index contributed by atoms with van der Waals surface area (Å²) in [6.45, 7) is 0. The first-order valence-corrected chi connectivity index (χ1v) is 4.42. The van der Waals surface area contributed by atoms with Gasteiger partial charge >= 0.3 is 5.97 Å². The van der Waals surface area contributed by atoms with Gasteiger partial charge in [-0.1, -0.05) is 0 Å². The second-order valence-electron chi connectivity index (χ2n) is 3.19. The molecule has 2 heterocycles. The molecule has 2 aromatic heterocycles. The molecule has 0 saturated heterocycles. The number of carboxylic acids is 1. The van der Waals surface area contributed by atoms with Gasteiger partial charge in [0.2, 0.25) is 0 Å². The van der Waals surface area contributed by atoms with E-state index < -0.39 is 5.97 Å². The normalized spacial score (nSPS) is 10.3. The van der Waals surface area contributed by atoms with E-state index >= 15 is 0 Å². The number of aryl methyl sites for hydroxylation is 1. The highest BCUT2D eigenvalue weighted by Gasteiger charge is 2.13. The first-order chi connectivity index (χ1) is 7.59. The fraction of sp³-hybridized carbons (Fsp3) is 0.111. The van der Waals surface area contributed by atoms with Crippen molar-refractivity contribution in [3.63, 3.8) is 0 Å². The Labute approximate surface area is 90.6 Å². The number of anilines is 1. The number of nitrogens with two attached hydrogens (primary N) is 1. The van der Waals surface area contributed by atoms with Crippen LogP contribution in [0.25, 0.3) is 11.5 Å². The van der Waals surface area contributed by atoms with E-state index in [0.29, 0.717) is 11.5 Å². The van der Waals surface area contributed by atoms with Gasteiger partial charge in [0.05, 0.1) is 12.5 Å². The Hall–Kier alpha value is -2.44. The number of imidazole rings is 1. The standard InChI is InChI=1S/C9H9N5O2/c1-14-4-11-3-6(14)8-12-2-5(9(15)16)7(10)13-8/h2-4H,1H3,(H,15,16)(H2,10,12,13). The van der Waals surface area contributed by atoms with Gasteiger partial charge < -0.3 is 15.4 Å². The van der Waals surface area contributed by atoms with Crippen LogP contribution in [0.5, 0.6) is 0 Å². The third-order valence-corrected chi connectivity index (χ3v) is 2.09. The molecule has 7 heteroatoms. The number of rotatable bonds is 2. The predicted octanol–water partition coefficient (Wildman–Crippen LogP) is 0.157. The van der Waals surface area contributed by atoms with Crippen molar-refractivity contribution in [2.45, 2.75) is 0 Å². The summed E-state index contributed by atoms with van der Waals surface area (Å²) < 4.78 is 1.72. The average Bonchev–Trinajstić information content (AvgIpc) is 2.63. The largest absolute Gasteiger partial charge is 0.477 e.